The Morgan fingerprint density at radius 1 is 0.833 bits per heavy atom. The zero-order valence-electron chi connectivity index (χ0n) is 20.8. The van der Waals surface area contributed by atoms with Gasteiger partial charge in [0.2, 0.25) is 0 Å². The lowest BCUT2D eigenvalue weighted by Crippen LogP contribution is -2.34. The van der Waals surface area contributed by atoms with E-state index in [4.69, 9.17) is 4.42 Å². The first kappa shape index (κ1) is 24.1. The fraction of sp³-hybridized carbons (Fsp3) is 0.258. The van der Waals surface area contributed by atoms with Crippen LogP contribution >= 0.6 is 0 Å². The van der Waals surface area contributed by atoms with Crippen LogP contribution in [0.25, 0.3) is 44.3 Å². The highest BCUT2D eigenvalue weighted by Gasteiger charge is 2.46. The topological polar surface area (TPSA) is 26.0 Å². The van der Waals surface area contributed by atoms with Crippen LogP contribution in [-0.2, 0) is 6.42 Å². The SMILES string of the molecule is CC(C)c1cc(-c2nccc3cc(-c4ccc(CC(C)(C)C(F)(F)F)cc4)oc23)cc2ccccc12. The number of fused-ring (bicyclic) bond motifs is 2. The maximum absolute atomic E-state index is 13.3. The lowest BCUT2D eigenvalue weighted by atomic mass is 9.85. The largest absolute Gasteiger partial charge is 0.454 e. The van der Waals surface area contributed by atoms with Crippen molar-refractivity contribution in [2.24, 2.45) is 5.41 Å². The Morgan fingerprint density at radius 3 is 2.25 bits per heavy atom. The van der Waals surface area contributed by atoms with Crippen molar-refractivity contribution in [1.29, 1.82) is 0 Å². The van der Waals surface area contributed by atoms with Crippen LogP contribution in [-0.4, -0.2) is 11.2 Å². The Balaban J connectivity index is 1.53. The molecular formula is C31H28F3NO. The van der Waals surface area contributed by atoms with Gasteiger partial charge in [0.25, 0.3) is 0 Å². The molecule has 0 N–H and O–H groups in total. The molecule has 0 fully saturated rings. The Labute approximate surface area is 208 Å². The van der Waals surface area contributed by atoms with Gasteiger partial charge in [0.05, 0.1) is 5.41 Å². The lowest BCUT2D eigenvalue weighted by Gasteiger charge is -2.27. The van der Waals surface area contributed by atoms with Gasteiger partial charge in [0.15, 0.2) is 5.58 Å². The van der Waals surface area contributed by atoms with Gasteiger partial charge in [-0.3, -0.25) is 4.98 Å². The van der Waals surface area contributed by atoms with Crippen LogP contribution in [0.1, 0.15) is 44.7 Å². The van der Waals surface area contributed by atoms with Gasteiger partial charge in [0.1, 0.15) is 11.5 Å². The van der Waals surface area contributed by atoms with E-state index in [0.29, 0.717) is 22.8 Å². The van der Waals surface area contributed by atoms with Gasteiger partial charge in [-0.25, -0.2) is 0 Å². The molecule has 2 aromatic heterocycles. The summed E-state index contributed by atoms with van der Waals surface area (Å²) in [5.74, 6) is 1.01. The summed E-state index contributed by atoms with van der Waals surface area (Å²) < 4.78 is 46.2. The molecule has 5 rings (SSSR count). The van der Waals surface area contributed by atoms with Gasteiger partial charge >= 0.3 is 6.18 Å². The van der Waals surface area contributed by atoms with Crippen LogP contribution in [0.3, 0.4) is 0 Å². The molecule has 3 aromatic carbocycles. The minimum atomic E-state index is -4.26. The number of benzene rings is 3. The Kier molecular flexibility index (Phi) is 5.90. The molecule has 2 heterocycles. The van der Waals surface area contributed by atoms with Gasteiger partial charge in [-0.1, -0.05) is 76.2 Å². The van der Waals surface area contributed by atoms with Gasteiger partial charge in [-0.05, 0) is 58.5 Å². The number of aromatic nitrogens is 1. The first-order valence-corrected chi connectivity index (χ1v) is 12.1. The second kappa shape index (κ2) is 8.81. The number of hydrogen-bond acceptors (Lipinski definition) is 2. The summed E-state index contributed by atoms with van der Waals surface area (Å²) in [4.78, 5) is 4.67. The first-order valence-electron chi connectivity index (χ1n) is 12.1. The average molecular weight is 488 g/mol. The van der Waals surface area contributed by atoms with Crippen LogP contribution in [0.15, 0.2) is 83.4 Å². The summed E-state index contributed by atoms with van der Waals surface area (Å²) >= 11 is 0. The van der Waals surface area contributed by atoms with Crippen LogP contribution in [0.2, 0.25) is 0 Å². The number of rotatable bonds is 5. The summed E-state index contributed by atoms with van der Waals surface area (Å²) in [5, 5.41) is 3.32. The van der Waals surface area contributed by atoms with Crippen LogP contribution in [0.4, 0.5) is 13.2 Å². The highest BCUT2D eigenvalue weighted by molar-refractivity contribution is 5.97. The minimum Gasteiger partial charge on any atom is -0.454 e. The van der Waals surface area contributed by atoms with Crippen LogP contribution in [0.5, 0.6) is 0 Å². The molecular weight excluding hydrogens is 459 g/mol. The Hall–Kier alpha value is -3.60. The number of nitrogens with zero attached hydrogens (tertiary/aromatic N) is 1. The molecule has 0 aliphatic carbocycles. The molecule has 0 radical (unpaired) electrons. The van der Waals surface area contributed by atoms with Gasteiger partial charge in [-0.15, -0.1) is 0 Å². The Bertz CT molecular complexity index is 1540. The summed E-state index contributed by atoms with van der Waals surface area (Å²) in [7, 11) is 0. The molecule has 0 spiro atoms. The van der Waals surface area contributed by atoms with E-state index in [9.17, 15) is 13.2 Å². The third kappa shape index (κ3) is 4.39. The molecule has 2 nitrogen and oxygen atoms in total. The lowest BCUT2D eigenvalue weighted by molar-refractivity contribution is -0.211. The van der Waals surface area contributed by atoms with E-state index in [2.05, 4.69) is 49.2 Å². The average Bonchev–Trinajstić information content (AvgIpc) is 3.27. The molecule has 0 aliphatic rings. The zero-order chi connectivity index (χ0) is 25.7. The van der Waals surface area contributed by atoms with E-state index in [1.165, 1.54) is 24.8 Å². The second-order valence-corrected chi connectivity index (χ2v) is 10.4. The molecule has 0 saturated heterocycles. The van der Waals surface area contributed by atoms with Crippen molar-refractivity contribution in [3.05, 3.63) is 90.1 Å². The van der Waals surface area contributed by atoms with Gasteiger partial charge < -0.3 is 4.42 Å². The van der Waals surface area contributed by atoms with Crippen LogP contribution in [0, 0.1) is 5.41 Å². The predicted octanol–water partition coefficient (Wildman–Crippen LogP) is 9.57. The third-order valence-corrected chi connectivity index (χ3v) is 6.87. The standard InChI is InChI=1S/C31H28F3NO/c1-19(2)26-16-24(15-22-7-5-6-8-25(22)26)28-29-23(13-14-35-28)17-27(36-29)21-11-9-20(10-12-21)18-30(3,4)31(32,33)34/h5-17,19H,18H2,1-4H3. The highest BCUT2D eigenvalue weighted by atomic mass is 19.4. The Morgan fingerprint density at radius 2 is 1.56 bits per heavy atom. The maximum Gasteiger partial charge on any atom is 0.394 e. The van der Waals surface area contributed by atoms with Crippen molar-refractivity contribution in [2.45, 2.75) is 46.2 Å². The van der Waals surface area contributed by atoms with E-state index < -0.39 is 11.6 Å². The number of halogens is 3. The molecule has 0 bridgehead atoms. The predicted molar refractivity (Wildman–Crippen MR) is 140 cm³/mol. The quantitative estimate of drug-likeness (QED) is 0.247. The fourth-order valence-electron chi connectivity index (χ4n) is 4.66. The number of hydrogen-bond donors (Lipinski definition) is 0. The van der Waals surface area contributed by atoms with Crippen LogP contribution < -0.4 is 0 Å². The number of pyridine rings is 1. The normalized spacial score (nSPS) is 12.7. The van der Waals surface area contributed by atoms with Crippen molar-refractivity contribution in [2.75, 3.05) is 0 Å². The van der Waals surface area contributed by atoms with Crippen molar-refractivity contribution < 1.29 is 17.6 Å². The van der Waals surface area contributed by atoms with Crippen molar-refractivity contribution in [3.8, 4) is 22.6 Å². The molecule has 184 valence electrons. The van der Waals surface area contributed by atoms with E-state index >= 15 is 0 Å². The molecule has 0 amide bonds. The second-order valence-electron chi connectivity index (χ2n) is 10.4. The maximum atomic E-state index is 13.3. The van der Waals surface area contributed by atoms with Gasteiger partial charge in [-0.2, -0.15) is 13.2 Å². The van der Waals surface area contributed by atoms with E-state index in [1.54, 1.807) is 18.3 Å². The minimum absolute atomic E-state index is 0.0782. The first-order chi connectivity index (χ1) is 17.0. The third-order valence-electron chi connectivity index (χ3n) is 6.87. The summed E-state index contributed by atoms with van der Waals surface area (Å²) in [6, 6.07) is 23.7. The molecule has 36 heavy (non-hydrogen) atoms. The van der Waals surface area contributed by atoms with E-state index in [1.807, 2.05) is 30.3 Å². The molecule has 0 aliphatic heterocycles. The smallest absolute Gasteiger partial charge is 0.394 e. The van der Waals surface area contributed by atoms with Crippen molar-refractivity contribution in [1.82, 2.24) is 4.98 Å². The summed E-state index contributed by atoms with van der Waals surface area (Å²) in [5.41, 5.74) is 3.38. The fourth-order valence-corrected chi connectivity index (χ4v) is 4.66. The molecule has 5 aromatic rings. The molecule has 0 unspecified atom stereocenters. The molecule has 0 atom stereocenters. The summed E-state index contributed by atoms with van der Waals surface area (Å²) in [6.07, 6.45) is -2.55. The molecule has 5 heteroatoms. The number of furan rings is 1. The van der Waals surface area contributed by atoms with Crippen molar-refractivity contribution in [3.63, 3.8) is 0 Å². The monoisotopic (exact) mass is 487 g/mol. The zero-order valence-corrected chi connectivity index (χ0v) is 20.8. The number of alkyl halides is 3. The van der Waals surface area contributed by atoms with E-state index in [-0.39, 0.29) is 6.42 Å². The van der Waals surface area contributed by atoms with Gasteiger partial charge in [0, 0.05) is 22.7 Å². The summed E-state index contributed by atoms with van der Waals surface area (Å²) in [6.45, 7) is 6.83. The highest BCUT2D eigenvalue weighted by Crippen LogP contribution is 2.41. The van der Waals surface area contributed by atoms with E-state index in [0.717, 1.165) is 27.6 Å². The van der Waals surface area contributed by atoms with Crippen molar-refractivity contribution >= 4 is 21.7 Å². The molecule has 0 saturated carbocycles.